The molecule has 4 rings (SSSR count). The lowest BCUT2D eigenvalue weighted by molar-refractivity contribution is -0.384. The Balaban J connectivity index is 1.49. The maximum Gasteiger partial charge on any atom is 0.363 e. The van der Waals surface area contributed by atoms with Gasteiger partial charge in [-0.3, -0.25) is 10.1 Å². The second-order valence-electron chi connectivity index (χ2n) is 6.74. The highest BCUT2D eigenvalue weighted by molar-refractivity contribution is 14.1. The highest BCUT2D eigenvalue weighted by Gasteiger charge is 2.27. The summed E-state index contributed by atoms with van der Waals surface area (Å²) in [5, 5.41) is 11.2. The Morgan fingerprint density at radius 3 is 2.50 bits per heavy atom. The van der Waals surface area contributed by atoms with Crippen molar-refractivity contribution in [1.29, 1.82) is 0 Å². The third kappa shape index (κ3) is 5.14. The number of aliphatic imine (C=N–C) groups is 1. The van der Waals surface area contributed by atoms with E-state index in [2.05, 4.69) is 27.6 Å². The van der Waals surface area contributed by atoms with Gasteiger partial charge in [-0.2, -0.15) is 0 Å². The number of halogens is 2. The van der Waals surface area contributed by atoms with Crippen LogP contribution in [0.3, 0.4) is 0 Å². The Hall–Kier alpha value is -3.24. The minimum Gasteiger partial charge on any atom is -0.489 e. The molecule has 0 saturated heterocycles. The fourth-order valence-electron chi connectivity index (χ4n) is 2.88. The fraction of sp³-hybridized carbons (Fsp3) is 0.0435. The molecule has 0 aromatic heterocycles. The molecule has 0 bridgehead atoms. The van der Waals surface area contributed by atoms with Crippen molar-refractivity contribution in [3.8, 4) is 5.75 Å². The van der Waals surface area contributed by atoms with Gasteiger partial charge < -0.3 is 9.47 Å². The summed E-state index contributed by atoms with van der Waals surface area (Å²) >= 11 is 8.36. The number of esters is 1. The molecule has 0 atom stereocenters. The first kappa shape index (κ1) is 22.0. The third-order valence-electron chi connectivity index (χ3n) is 4.51. The van der Waals surface area contributed by atoms with Gasteiger partial charge in [0.05, 0.1) is 15.5 Å². The molecule has 0 saturated carbocycles. The van der Waals surface area contributed by atoms with E-state index in [1.807, 2.05) is 24.3 Å². The molecule has 0 unspecified atom stereocenters. The smallest absolute Gasteiger partial charge is 0.363 e. The van der Waals surface area contributed by atoms with Gasteiger partial charge in [0.25, 0.3) is 5.69 Å². The summed E-state index contributed by atoms with van der Waals surface area (Å²) in [6.07, 6.45) is 1.56. The topological polar surface area (TPSA) is 91.0 Å². The van der Waals surface area contributed by atoms with Gasteiger partial charge in [0.1, 0.15) is 12.4 Å². The van der Waals surface area contributed by atoms with Crippen LogP contribution in [0, 0.1) is 13.7 Å². The number of benzene rings is 3. The van der Waals surface area contributed by atoms with Gasteiger partial charge in [-0.25, -0.2) is 9.79 Å². The van der Waals surface area contributed by atoms with Crippen LogP contribution in [0.15, 0.2) is 77.4 Å². The number of nitro benzene ring substituents is 1. The Kier molecular flexibility index (Phi) is 6.52. The van der Waals surface area contributed by atoms with E-state index in [-0.39, 0.29) is 27.9 Å². The zero-order chi connectivity index (χ0) is 22.7. The van der Waals surface area contributed by atoms with E-state index in [1.54, 1.807) is 30.3 Å². The predicted molar refractivity (Wildman–Crippen MR) is 129 cm³/mol. The Labute approximate surface area is 201 Å². The molecule has 1 heterocycles. The van der Waals surface area contributed by atoms with Crippen LogP contribution in [0.4, 0.5) is 5.69 Å². The van der Waals surface area contributed by atoms with Crippen LogP contribution in [0.25, 0.3) is 6.08 Å². The number of cyclic esters (lactones) is 1. The Bertz CT molecular complexity index is 1250. The summed E-state index contributed by atoms with van der Waals surface area (Å²) < 4.78 is 12.1. The number of hydrogen-bond donors (Lipinski definition) is 0. The highest BCUT2D eigenvalue weighted by Crippen LogP contribution is 2.27. The van der Waals surface area contributed by atoms with E-state index in [0.29, 0.717) is 17.9 Å². The number of rotatable bonds is 6. The van der Waals surface area contributed by atoms with Gasteiger partial charge in [-0.1, -0.05) is 35.9 Å². The number of carbonyl (C=O) groups excluding carboxylic acids is 1. The molecular weight excluding hydrogens is 547 g/mol. The fourth-order valence-corrected chi connectivity index (χ4v) is 3.44. The number of carbonyl (C=O) groups is 1. The zero-order valence-electron chi connectivity index (χ0n) is 16.3. The molecule has 0 radical (unpaired) electrons. The summed E-state index contributed by atoms with van der Waals surface area (Å²) in [4.78, 5) is 26.9. The molecule has 0 fully saturated rings. The van der Waals surface area contributed by atoms with E-state index in [9.17, 15) is 14.9 Å². The van der Waals surface area contributed by atoms with Crippen LogP contribution in [0.1, 0.15) is 16.7 Å². The molecule has 0 N–H and O–H groups in total. The maximum absolute atomic E-state index is 12.2. The van der Waals surface area contributed by atoms with Crippen molar-refractivity contribution in [2.45, 2.75) is 6.61 Å². The SMILES string of the molecule is O=C1OC(c2cc([N+](=O)[O-])ccc2Cl)=N/C1=C\c1ccc(OCc2ccc(I)cc2)cc1. The van der Waals surface area contributed by atoms with E-state index in [0.717, 1.165) is 9.13 Å². The van der Waals surface area contributed by atoms with Crippen molar-refractivity contribution < 1.29 is 19.2 Å². The van der Waals surface area contributed by atoms with Gasteiger partial charge in [-0.15, -0.1) is 0 Å². The van der Waals surface area contributed by atoms with Gasteiger partial charge in [0, 0.05) is 15.7 Å². The average molecular weight is 561 g/mol. The van der Waals surface area contributed by atoms with Crippen LogP contribution in [-0.2, 0) is 16.1 Å². The minimum absolute atomic E-state index is 0.0649. The molecule has 32 heavy (non-hydrogen) atoms. The minimum atomic E-state index is -0.665. The molecule has 160 valence electrons. The lowest BCUT2D eigenvalue weighted by Crippen LogP contribution is -2.06. The first-order valence-electron chi connectivity index (χ1n) is 9.33. The molecule has 9 heteroatoms. The first-order valence-corrected chi connectivity index (χ1v) is 10.8. The summed E-state index contributed by atoms with van der Waals surface area (Å²) in [5.41, 5.74) is 1.84. The predicted octanol–water partition coefficient (Wildman–Crippen LogP) is 5.78. The molecular formula is C23H14ClIN2O5. The molecule has 3 aromatic carbocycles. The van der Waals surface area contributed by atoms with Crippen molar-refractivity contribution in [2.75, 3.05) is 0 Å². The highest BCUT2D eigenvalue weighted by atomic mass is 127. The van der Waals surface area contributed by atoms with E-state index < -0.39 is 10.9 Å². The summed E-state index contributed by atoms with van der Waals surface area (Å²) in [6, 6.07) is 19.1. The molecule has 3 aromatic rings. The summed E-state index contributed by atoms with van der Waals surface area (Å²) in [7, 11) is 0. The monoisotopic (exact) mass is 560 g/mol. The number of non-ortho nitro benzene ring substituents is 1. The lowest BCUT2D eigenvalue weighted by atomic mass is 10.2. The van der Waals surface area contributed by atoms with Crippen molar-refractivity contribution in [1.82, 2.24) is 0 Å². The van der Waals surface area contributed by atoms with Crippen molar-refractivity contribution in [3.63, 3.8) is 0 Å². The van der Waals surface area contributed by atoms with Crippen LogP contribution in [0.5, 0.6) is 5.75 Å². The van der Waals surface area contributed by atoms with Gasteiger partial charge >= 0.3 is 5.97 Å². The Morgan fingerprint density at radius 2 is 1.81 bits per heavy atom. The third-order valence-corrected chi connectivity index (χ3v) is 5.56. The molecule has 0 aliphatic carbocycles. The van der Waals surface area contributed by atoms with E-state index in [4.69, 9.17) is 21.1 Å². The lowest BCUT2D eigenvalue weighted by Gasteiger charge is -2.06. The number of ether oxygens (including phenoxy) is 2. The number of nitrogens with zero attached hydrogens (tertiary/aromatic N) is 2. The van der Waals surface area contributed by atoms with Crippen molar-refractivity contribution in [2.24, 2.45) is 4.99 Å². The van der Waals surface area contributed by atoms with Crippen molar-refractivity contribution in [3.05, 3.63) is 108 Å². The summed E-state index contributed by atoms with van der Waals surface area (Å²) in [6.45, 7) is 0.446. The van der Waals surface area contributed by atoms with Gasteiger partial charge in [-0.05, 0) is 70.1 Å². The summed E-state index contributed by atoms with van der Waals surface area (Å²) in [5.74, 6) is -0.0544. The van der Waals surface area contributed by atoms with Crippen LogP contribution >= 0.6 is 34.2 Å². The maximum atomic E-state index is 12.2. The largest absolute Gasteiger partial charge is 0.489 e. The van der Waals surface area contributed by atoms with E-state index in [1.165, 1.54) is 18.2 Å². The molecule has 7 nitrogen and oxygen atoms in total. The van der Waals surface area contributed by atoms with Crippen LogP contribution in [-0.4, -0.2) is 16.8 Å². The Morgan fingerprint density at radius 1 is 1.09 bits per heavy atom. The number of nitro groups is 1. The second-order valence-corrected chi connectivity index (χ2v) is 8.39. The first-order chi connectivity index (χ1) is 15.4. The average Bonchev–Trinajstić information content (AvgIpc) is 3.14. The van der Waals surface area contributed by atoms with Gasteiger partial charge in [0.15, 0.2) is 5.70 Å². The second kappa shape index (κ2) is 9.49. The van der Waals surface area contributed by atoms with E-state index >= 15 is 0 Å². The molecule has 0 spiro atoms. The zero-order valence-corrected chi connectivity index (χ0v) is 19.2. The normalized spacial score (nSPS) is 14.2. The quantitative estimate of drug-likeness (QED) is 0.125. The van der Waals surface area contributed by atoms with Crippen LogP contribution < -0.4 is 4.74 Å². The standard InChI is InChI=1S/C23H14ClIN2O5/c24-20-10-7-17(27(29)30)12-19(20)22-26-21(23(28)32-22)11-14-3-8-18(9-4-14)31-13-15-1-5-16(25)6-2-15/h1-12H,13H2/b21-11-. The van der Waals surface area contributed by atoms with Gasteiger partial charge in [0.2, 0.25) is 5.90 Å². The molecule has 1 aliphatic heterocycles. The molecule has 0 amide bonds. The molecule has 1 aliphatic rings. The van der Waals surface area contributed by atoms with Crippen LogP contribution in [0.2, 0.25) is 5.02 Å². The van der Waals surface area contributed by atoms with Crippen molar-refractivity contribution >= 4 is 57.8 Å². The number of hydrogen-bond acceptors (Lipinski definition) is 6.